The Balaban J connectivity index is 2.47. The normalized spacial score (nSPS) is 10.6. The highest BCUT2D eigenvalue weighted by Gasteiger charge is 2.15. The summed E-state index contributed by atoms with van der Waals surface area (Å²) >= 11 is 3.39. The number of nitrogens with zero attached hydrogens (tertiary/aromatic N) is 1. The third-order valence-electron chi connectivity index (χ3n) is 2.74. The van der Waals surface area contributed by atoms with Crippen LogP contribution in [0.3, 0.4) is 0 Å². The zero-order valence-corrected chi connectivity index (χ0v) is 12.1. The van der Waals surface area contributed by atoms with E-state index in [0.29, 0.717) is 6.42 Å². The molecule has 0 aromatic heterocycles. The molecule has 0 radical (unpaired) electrons. The van der Waals surface area contributed by atoms with Crippen LogP contribution in [0.5, 0.6) is 0 Å². The molecule has 1 aromatic carbocycles. The van der Waals surface area contributed by atoms with E-state index in [-0.39, 0.29) is 11.9 Å². The standard InChI is InChI=1S/C14H20BrNO/c1-12(2)16(11-10-15)14(17)9-8-13-6-4-3-5-7-13/h3-7,12H,8-11H2,1-2H3. The average molecular weight is 298 g/mol. The first-order valence-corrected chi connectivity index (χ1v) is 7.16. The molecule has 0 atom stereocenters. The molecular weight excluding hydrogens is 278 g/mol. The molecule has 0 saturated heterocycles. The fourth-order valence-electron chi connectivity index (χ4n) is 1.80. The summed E-state index contributed by atoms with van der Waals surface area (Å²) in [6, 6.07) is 10.4. The van der Waals surface area contributed by atoms with Gasteiger partial charge >= 0.3 is 0 Å². The van der Waals surface area contributed by atoms with Gasteiger partial charge in [0.1, 0.15) is 0 Å². The molecule has 17 heavy (non-hydrogen) atoms. The number of alkyl halides is 1. The summed E-state index contributed by atoms with van der Waals surface area (Å²) in [6.45, 7) is 4.90. The monoisotopic (exact) mass is 297 g/mol. The molecule has 0 aliphatic rings. The van der Waals surface area contributed by atoms with Gasteiger partial charge in [-0.15, -0.1) is 0 Å². The lowest BCUT2D eigenvalue weighted by Gasteiger charge is -2.26. The van der Waals surface area contributed by atoms with E-state index in [9.17, 15) is 4.79 Å². The van der Waals surface area contributed by atoms with E-state index < -0.39 is 0 Å². The van der Waals surface area contributed by atoms with Gasteiger partial charge in [0.2, 0.25) is 5.91 Å². The summed E-state index contributed by atoms with van der Waals surface area (Å²) < 4.78 is 0. The van der Waals surface area contributed by atoms with Gasteiger partial charge in [0.15, 0.2) is 0 Å². The number of carbonyl (C=O) groups is 1. The van der Waals surface area contributed by atoms with Crippen LogP contribution in [0.2, 0.25) is 0 Å². The maximum atomic E-state index is 12.1. The summed E-state index contributed by atoms with van der Waals surface area (Å²) in [5.41, 5.74) is 1.23. The van der Waals surface area contributed by atoms with Gasteiger partial charge in [-0.1, -0.05) is 46.3 Å². The van der Waals surface area contributed by atoms with Crippen molar-refractivity contribution in [2.24, 2.45) is 0 Å². The number of rotatable bonds is 6. The van der Waals surface area contributed by atoms with Crippen LogP contribution in [0.4, 0.5) is 0 Å². The van der Waals surface area contributed by atoms with Crippen LogP contribution in [0, 0.1) is 0 Å². The maximum Gasteiger partial charge on any atom is 0.223 e. The average Bonchev–Trinajstić information content (AvgIpc) is 2.34. The Kier molecular flexibility index (Phi) is 6.27. The Hall–Kier alpha value is -0.830. The molecule has 0 fully saturated rings. The highest BCUT2D eigenvalue weighted by Crippen LogP contribution is 2.07. The van der Waals surface area contributed by atoms with Crippen LogP contribution in [-0.4, -0.2) is 28.7 Å². The van der Waals surface area contributed by atoms with Gasteiger partial charge in [0.25, 0.3) is 0 Å². The molecule has 1 aromatic rings. The van der Waals surface area contributed by atoms with E-state index in [1.807, 2.05) is 23.1 Å². The molecule has 0 aliphatic carbocycles. The Labute approximate surface area is 112 Å². The minimum absolute atomic E-state index is 0.239. The van der Waals surface area contributed by atoms with Gasteiger partial charge in [0.05, 0.1) is 0 Å². The van der Waals surface area contributed by atoms with Crippen LogP contribution in [-0.2, 0) is 11.2 Å². The Morgan fingerprint density at radius 3 is 2.47 bits per heavy atom. The molecule has 0 saturated carbocycles. The summed E-state index contributed by atoms with van der Waals surface area (Å²) in [7, 11) is 0. The van der Waals surface area contributed by atoms with Gasteiger partial charge in [-0.3, -0.25) is 4.79 Å². The lowest BCUT2D eigenvalue weighted by atomic mass is 10.1. The van der Waals surface area contributed by atoms with E-state index >= 15 is 0 Å². The minimum Gasteiger partial charge on any atom is -0.339 e. The third-order valence-corrected chi connectivity index (χ3v) is 3.09. The van der Waals surface area contributed by atoms with Crippen LogP contribution in [0.25, 0.3) is 0 Å². The molecule has 0 bridgehead atoms. The summed E-state index contributed by atoms with van der Waals surface area (Å²) in [6.07, 6.45) is 1.42. The third kappa shape index (κ3) is 4.90. The van der Waals surface area contributed by atoms with Crippen molar-refractivity contribution in [3.8, 4) is 0 Å². The van der Waals surface area contributed by atoms with Crippen molar-refractivity contribution in [3.63, 3.8) is 0 Å². The fraction of sp³-hybridized carbons (Fsp3) is 0.500. The van der Waals surface area contributed by atoms with Crippen LogP contribution in [0.15, 0.2) is 30.3 Å². The quantitative estimate of drug-likeness (QED) is 0.738. The van der Waals surface area contributed by atoms with E-state index in [4.69, 9.17) is 0 Å². The molecule has 3 heteroatoms. The number of amides is 1. The molecule has 94 valence electrons. The Morgan fingerprint density at radius 1 is 1.29 bits per heavy atom. The first-order chi connectivity index (χ1) is 8.15. The highest BCUT2D eigenvalue weighted by molar-refractivity contribution is 9.09. The fourth-order valence-corrected chi connectivity index (χ4v) is 2.18. The molecule has 2 nitrogen and oxygen atoms in total. The summed E-state index contributed by atoms with van der Waals surface area (Å²) in [4.78, 5) is 14.0. The van der Waals surface area contributed by atoms with Crippen molar-refractivity contribution < 1.29 is 4.79 Å². The molecule has 0 N–H and O–H groups in total. The summed E-state index contributed by atoms with van der Waals surface area (Å²) in [5.74, 6) is 0.239. The molecular formula is C14H20BrNO. The molecule has 1 rings (SSSR count). The van der Waals surface area contributed by atoms with E-state index in [0.717, 1.165) is 18.3 Å². The zero-order chi connectivity index (χ0) is 12.7. The Bertz CT molecular complexity index is 337. The lowest BCUT2D eigenvalue weighted by molar-refractivity contribution is -0.132. The zero-order valence-electron chi connectivity index (χ0n) is 10.5. The second-order valence-electron chi connectivity index (χ2n) is 4.36. The number of aryl methyl sites for hydroxylation is 1. The van der Waals surface area contributed by atoms with Gasteiger partial charge in [0, 0.05) is 24.3 Å². The SMILES string of the molecule is CC(C)N(CCBr)C(=O)CCc1ccccc1. The van der Waals surface area contributed by atoms with Crippen molar-refractivity contribution in [2.45, 2.75) is 32.7 Å². The number of carbonyl (C=O) groups excluding carboxylic acids is 1. The van der Waals surface area contributed by atoms with E-state index in [1.165, 1.54) is 5.56 Å². The van der Waals surface area contributed by atoms with E-state index in [1.54, 1.807) is 0 Å². The topological polar surface area (TPSA) is 20.3 Å². The van der Waals surface area contributed by atoms with Crippen LogP contribution >= 0.6 is 15.9 Å². The van der Waals surface area contributed by atoms with Crippen LogP contribution in [0.1, 0.15) is 25.8 Å². The molecule has 0 aliphatic heterocycles. The van der Waals surface area contributed by atoms with Gasteiger partial charge in [-0.25, -0.2) is 0 Å². The largest absolute Gasteiger partial charge is 0.339 e. The first-order valence-electron chi connectivity index (χ1n) is 6.04. The molecule has 0 spiro atoms. The first kappa shape index (κ1) is 14.2. The lowest BCUT2D eigenvalue weighted by Crippen LogP contribution is -2.38. The van der Waals surface area contributed by atoms with E-state index in [2.05, 4.69) is 41.9 Å². The smallest absolute Gasteiger partial charge is 0.223 e. The molecule has 0 heterocycles. The molecule has 0 unspecified atom stereocenters. The van der Waals surface area contributed by atoms with Crippen LogP contribution < -0.4 is 0 Å². The predicted molar refractivity (Wildman–Crippen MR) is 75.4 cm³/mol. The number of halogens is 1. The second-order valence-corrected chi connectivity index (χ2v) is 5.15. The predicted octanol–water partition coefficient (Wildman–Crippen LogP) is 3.25. The molecule has 1 amide bonds. The highest BCUT2D eigenvalue weighted by atomic mass is 79.9. The van der Waals surface area contributed by atoms with Crippen molar-refractivity contribution >= 4 is 21.8 Å². The van der Waals surface area contributed by atoms with Crippen molar-refractivity contribution in [3.05, 3.63) is 35.9 Å². The number of hydrogen-bond donors (Lipinski definition) is 0. The van der Waals surface area contributed by atoms with Crippen molar-refractivity contribution in [1.29, 1.82) is 0 Å². The van der Waals surface area contributed by atoms with Gasteiger partial charge in [-0.2, -0.15) is 0 Å². The Morgan fingerprint density at radius 2 is 1.94 bits per heavy atom. The van der Waals surface area contributed by atoms with Gasteiger partial charge in [-0.05, 0) is 25.8 Å². The van der Waals surface area contributed by atoms with Crippen molar-refractivity contribution in [2.75, 3.05) is 11.9 Å². The van der Waals surface area contributed by atoms with Crippen molar-refractivity contribution in [1.82, 2.24) is 4.90 Å². The second kappa shape index (κ2) is 7.49. The maximum absolute atomic E-state index is 12.1. The number of benzene rings is 1. The van der Waals surface area contributed by atoms with Gasteiger partial charge < -0.3 is 4.90 Å². The minimum atomic E-state index is 0.239. The summed E-state index contributed by atoms with van der Waals surface area (Å²) in [5, 5.41) is 0.836. The number of hydrogen-bond acceptors (Lipinski definition) is 1.